The van der Waals surface area contributed by atoms with E-state index in [1.165, 1.54) is 0 Å². The molecule has 1 atom stereocenters. The molecule has 0 spiro atoms. The van der Waals surface area contributed by atoms with Crippen LogP contribution in [0.25, 0.3) is 0 Å². The van der Waals surface area contributed by atoms with Crippen LogP contribution in [0, 0.1) is 13.8 Å². The van der Waals surface area contributed by atoms with Gasteiger partial charge < -0.3 is 9.30 Å². The number of hydrogen-bond donors (Lipinski definition) is 0. The lowest BCUT2D eigenvalue weighted by atomic mass is 10.1. The van der Waals surface area contributed by atoms with Crippen molar-refractivity contribution in [3.05, 3.63) is 23.0 Å². The van der Waals surface area contributed by atoms with E-state index in [0.717, 1.165) is 30.0 Å². The standard InChI is InChI=1S/C16H24N2O4S/c1-12-9-15(16(19)10-17-4-6-22-7-5-17)13(2)18(12)14-3-8-23(20,21)11-14/h9,14H,3-8,10-11H2,1-2H3/t14-/m1/s1. The van der Waals surface area contributed by atoms with Crippen LogP contribution in [0.15, 0.2) is 6.07 Å². The fourth-order valence-corrected chi connectivity index (χ4v) is 5.35. The van der Waals surface area contributed by atoms with Gasteiger partial charge in [-0.15, -0.1) is 0 Å². The minimum Gasteiger partial charge on any atom is -0.379 e. The Kier molecular flexibility index (Phi) is 4.62. The lowest BCUT2D eigenvalue weighted by Crippen LogP contribution is -2.39. The molecule has 2 saturated heterocycles. The van der Waals surface area contributed by atoms with E-state index in [2.05, 4.69) is 4.90 Å². The molecule has 0 N–H and O–H groups in total. The highest BCUT2D eigenvalue weighted by molar-refractivity contribution is 7.91. The van der Waals surface area contributed by atoms with Crippen molar-refractivity contribution < 1.29 is 17.9 Å². The number of carbonyl (C=O) groups excluding carboxylic acids is 1. The molecule has 3 rings (SSSR count). The zero-order chi connectivity index (χ0) is 16.6. The highest BCUT2D eigenvalue weighted by Crippen LogP contribution is 2.29. The monoisotopic (exact) mass is 340 g/mol. The molecule has 2 aliphatic rings. The molecule has 1 aromatic rings. The molecule has 7 heteroatoms. The number of aromatic nitrogens is 1. The molecule has 0 aliphatic carbocycles. The van der Waals surface area contributed by atoms with E-state index < -0.39 is 9.84 Å². The molecule has 2 aliphatic heterocycles. The Hall–Kier alpha value is -1.18. The van der Waals surface area contributed by atoms with Gasteiger partial charge in [-0.3, -0.25) is 9.69 Å². The van der Waals surface area contributed by atoms with Crippen molar-refractivity contribution in [3.8, 4) is 0 Å². The van der Waals surface area contributed by atoms with Gasteiger partial charge in [0.15, 0.2) is 15.6 Å². The van der Waals surface area contributed by atoms with Gasteiger partial charge in [-0.2, -0.15) is 0 Å². The Morgan fingerprint density at radius 2 is 2.00 bits per heavy atom. The molecule has 0 radical (unpaired) electrons. The molecule has 23 heavy (non-hydrogen) atoms. The zero-order valence-corrected chi connectivity index (χ0v) is 14.6. The van der Waals surface area contributed by atoms with Crippen molar-refractivity contribution >= 4 is 15.6 Å². The quantitative estimate of drug-likeness (QED) is 0.764. The zero-order valence-electron chi connectivity index (χ0n) is 13.7. The number of carbonyl (C=O) groups is 1. The number of hydrogen-bond acceptors (Lipinski definition) is 5. The summed E-state index contributed by atoms with van der Waals surface area (Å²) in [5.41, 5.74) is 2.58. The van der Waals surface area contributed by atoms with Gasteiger partial charge in [0.25, 0.3) is 0 Å². The maximum Gasteiger partial charge on any atom is 0.178 e. The average Bonchev–Trinajstić information content (AvgIpc) is 2.99. The minimum absolute atomic E-state index is 0.0371. The van der Waals surface area contributed by atoms with Crippen LogP contribution < -0.4 is 0 Å². The van der Waals surface area contributed by atoms with Crippen LogP contribution in [-0.2, 0) is 14.6 Å². The third-order valence-electron chi connectivity index (χ3n) is 4.83. The molecule has 0 aromatic carbocycles. The van der Waals surface area contributed by atoms with Crippen LogP contribution >= 0.6 is 0 Å². The van der Waals surface area contributed by atoms with Crippen LogP contribution in [0.2, 0.25) is 0 Å². The molecular formula is C16H24N2O4S. The maximum absolute atomic E-state index is 12.6. The highest BCUT2D eigenvalue weighted by atomic mass is 32.2. The Morgan fingerprint density at radius 3 is 2.61 bits per heavy atom. The smallest absolute Gasteiger partial charge is 0.178 e. The molecule has 3 heterocycles. The van der Waals surface area contributed by atoms with Crippen LogP contribution in [0.5, 0.6) is 0 Å². The van der Waals surface area contributed by atoms with Crippen LogP contribution in [0.4, 0.5) is 0 Å². The van der Waals surface area contributed by atoms with E-state index in [9.17, 15) is 13.2 Å². The highest BCUT2D eigenvalue weighted by Gasteiger charge is 2.31. The Bertz CT molecular complexity index is 702. The summed E-state index contributed by atoms with van der Waals surface area (Å²) in [5, 5.41) is 0. The molecule has 6 nitrogen and oxygen atoms in total. The second-order valence-electron chi connectivity index (χ2n) is 6.52. The van der Waals surface area contributed by atoms with E-state index in [0.29, 0.717) is 26.2 Å². The predicted molar refractivity (Wildman–Crippen MR) is 87.8 cm³/mol. The second-order valence-corrected chi connectivity index (χ2v) is 8.75. The fraction of sp³-hybridized carbons (Fsp3) is 0.688. The van der Waals surface area contributed by atoms with Crippen molar-refractivity contribution in [1.29, 1.82) is 0 Å². The molecule has 0 bridgehead atoms. The van der Waals surface area contributed by atoms with Crippen molar-refractivity contribution in [1.82, 2.24) is 9.47 Å². The van der Waals surface area contributed by atoms with E-state index in [4.69, 9.17) is 4.74 Å². The lowest BCUT2D eigenvalue weighted by molar-refractivity contribution is 0.0371. The maximum atomic E-state index is 12.6. The molecule has 2 fully saturated rings. The summed E-state index contributed by atoms with van der Waals surface area (Å²) < 4.78 is 30.8. The van der Waals surface area contributed by atoms with Crippen LogP contribution in [0.1, 0.15) is 34.2 Å². The first kappa shape index (κ1) is 16.7. The first-order valence-electron chi connectivity index (χ1n) is 8.09. The van der Waals surface area contributed by atoms with Gasteiger partial charge in [0.05, 0.1) is 31.3 Å². The molecule has 128 valence electrons. The Balaban J connectivity index is 1.78. The molecule has 0 saturated carbocycles. The lowest BCUT2D eigenvalue weighted by Gasteiger charge is -2.25. The molecule has 1 aromatic heterocycles. The third-order valence-corrected chi connectivity index (χ3v) is 6.58. The predicted octanol–water partition coefficient (Wildman–Crippen LogP) is 0.979. The number of ether oxygens (including phenoxy) is 1. The van der Waals surface area contributed by atoms with Crippen molar-refractivity contribution in [2.24, 2.45) is 0 Å². The van der Waals surface area contributed by atoms with Gasteiger partial charge in [0.1, 0.15) is 0 Å². The Labute approximate surface area is 137 Å². The van der Waals surface area contributed by atoms with Gasteiger partial charge in [-0.1, -0.05) is 0 Å². The number of aryl methyl sites for hydroxylation is 1. The molecule has 0 amide bonds. The first-order valence-corrected chi connectivity index (χ1v) is 9.92. The topological polar surface area (TPSA) is 68.6 Å². The van der Waals surface area contributed by atoms with Crippen molar-refractivity contribution in [2.75, 3.05) is 44.4 Å². The molecule has 0 unspecified atom stereocenters. The van der Waals surface area contributed by atoms with Gasteiger partial charge in [-0.05, 0) is 26.3 Å². The van der Waals surface area contributed by atoms with Crippen molar-refractivity contribution in [2.45, 2.75) is 26.3 Å². The number of ketones is 1. The first-order chi connectivity index (χ1) is 10.9. The van der Waals surface area contributed by atoms with E-state index >= 15 is 0 Å². The second kappa shape index (κ2) is 6.37. The number of Topliss-reactive ketones (excluding diaryl/α,β-unsaturated/α-hetero) is 1. The van der Waals surface area contributed by atoms with Gasteiger partial charge in [0, 0.05) is 36.1 Å². The summed E-state index contributed by atoms with van der Waals surface area (Å²) in [4.78, 5) is 14.7. The SMILES string of the molecule is Cc1cc(C(=O)CN2CCOCC2)c(C)n1[C@@H]1CCS(=O)(=O)C1. The summed E-state index contributed by atoms with van der Waals surface area (Å²) in [7, 11) is -2.94. The van der Waals surface area contributed by atoms with Gasteiger partial charge in [0.2, 0.25) is 0 Å². The van der Waals surface area contributed by atoms with Gasteiger partial charge >= 0.3 is 0 Å². The molecular weight excluding hydrogens is 316 g/mol. The third kappa shape index (κ3) is 3.51. The largest absolute Gasteiger partial charge is 0.379 e. The van der Waals surface area contributed by atoms with Crippen LogP contribution in [-0.4, -0.2) is 68.0 Å². The van der Waals surface area contributed by atoms with Crippen molar-refractivity contribution in [3.63, 3.8) is 0 Å². The summed E-state index contributed by atoms with van der Waals surface area (Å²) in [6.07, 6.45) is 0.635. The summed E-state index contributed by atoms with van der Waals surface area (Å²) in [5.74, 6) is 0.527. The summed E-state index contributed by atoms with van der Waals surface area (Å²) in [6.45, 7) is 7.18. The number of morpholine rings is 1. The number of sulfone groups is 1. The number of rotatable bonds is 4. The van der Waals surface area contributed by atoms with E-state index in [-0.39, 0.29) is 23.3 Å². The fourth-order valence-electron chi connectivity index (χ4n) is 3.65. The van der Waals surface area contributed by atoms with E-state index in [1.54, 1.807) is 0 Å². The number of nitrogens with zero attached hydrogens (tertiary/aromatic N) is 2. The van der Waals surface area contributed by atoms with Gasteiger partial charge in [-0.25, -0.2) is 8.42 Å². The van der Waals surface area contributed by atoms with Crippen LogP contribution in [0.3, 0.4) is 0 Å². The normalized spacial score (nSPS) is 24.9. The van der Waals surface area contributed by atoms with E-state index in [1.807, 2.05) is 24.5 Å². The summed E-state index contributed by atoms with van der Waals surface area (Å²) in [6, 6.07) is 1.87. The minimum atomic E-state index is -2.94. The average molecular weight is 340 g/mol. The Morgan fingerprint density at radius 1 is 1.30 bits per heavy atom. The summed E-state index contributed by atoms with van der Waals surface area (Å²) >= 11 is 0.